The Morgan fingerprint density at radius 2 is 2.12 bits per heavy atom. The highest BCUT2D eigenvalue weighted by molar-refractivity contribution is 5.86. The molecule has 90 valence electrons. The summed E-state index contributed by atoms with van der Waals surface area (Å²) in [5, 5.41) is 4.79. The molecule has 1 aromatic carbocycles. The molecule has 0 aliphatic heterocycles. The lowest BCUT2D eigenvalue weighted by Crippen LogP contribution is -2.23. The highest BCUT2D eigenvalue weighted by Gasteiger charge is 2.45. The van der Waals surface area contributed by atoms with Gasteiger partial charge in [0.25, 0.3) is 0 Å². The molecule has 3 rings (SSSR count). The number of nitrogens with zero attached hydrogens (tertiary/aromatic N) is 1. The predicted molar refractivity (Wildman–Crippen MR) is 72.5 cm³/mol. The average Bonchev–Trinajstić information content (AvgIpc) is 2.99. The van der Waals surface area contributed by atoms with E-state index in [0.29, 0.717) is 5.41 Å². The summed E-state index contributed by atoms with van der Waals surface area (Å²) in [5.41, 5.74) is 4.65. The second kappa shape index (κ2) is 3.61. The van der Waals surface area contributed by atoms with Crippen molar-refractivity contribution < 1.29 is 0 Å². The Balaban J connectivity index is 2.20. The standard InChI is InChI=1S/C15H20N2/c1-11-4-5-14-12(8-11)13(9-17(14)3)15(6-7-15)10-16-2/h4-5,8-9,16H,6-7,10H2,1-3H3. The predicted octanol–water partition coefficient (Wildman–Crippen LogP) is 2.74. The first-order valence-electron chi connectivity index (χ1n) is 6.37. The van der Waals surface area contributed by atoms with E-state index in [1.807, 2.05) is 0 Å². The van der Waals surface area contributed by atoms with E-state index in [-0.39, 0.29) is 0 Å². The Morgan fingerprint density at radius 3 is 2.76 bits per heavy atom. The first-order chi connectivity index (χ1) is 8.16. The van der Waals surface area contributed by atoms with E-state index in [4.69, 9.17) is 0 Å². The third kappa shape index (κ3) is 1.59. The number of fused-ring (bicyclic) bond motifs is 1. The van der Waals surface area contributed by atoms with Gasteiger partial charge in [0.2, 0.25) is 0 Å². The van der Waals surface area contributed by atoms with Crippen molar-refractivity contribution in [3.63, 3.8) is 0 Å². The van der Waals surface area contributed by atoms with Gasteiger partial charge in [-0.25, -0.2) is 0 Å². The first kappa shape index (κ1) is 10.8. The molecule has 2 aromatic rings. The summed E-state index contributed by atoms with van der Waals surface area (Å²) in [7, 11) is 4.20. The van der Waals surface area contributed by atoms with Crippen molar-refractivity contribution >= 4 is 10.9 Å². The van der Waals surface area contributed by atoms with Gasteiger partial charge in [0.15, 0.2) is 0 Å². The molecular formula is C15H20N2. The summed E-state index contributed by atoms with van der Waals surface area (Å²) < 4.78 is 2.26. The van der Waals surface area contributed by atoms with Crippen LogP contribution in [-0.2, 0) is 12.5 Å². The zero-order chi connectivity index (χ0) is 12.0. The fourth-order valence-electron chi connectivity index (χ4n) is 2.96. The highest BCUT2D eigenvalue weighted by atomic mass is 14.9. The number of nitrogens with one attached hydrogen (secondary N) is 1. The maximum absolute atomic E-state index is 3.35. The number of aromatic nitrogens is 1. The minimum Gasteiger partial charge on any atom is -0.350 e. The van der Waals surface area contributed by atoms with Crippen molar-refractivity contribution in [3.05, 3.63) is 35.5 Å². The molecule has 0 unspecified atom stereocenters. The number of hydrogen-bond acceptors (Lipinski definition) is 1. The maximum atomic E-state index is 3.35. The van der Waals surface area contributed by atoms with E-state index in [2.05, 4.69) is 55.3 Å². The molecule has 1 aliphatic rings. The van der Waals surface area contributed by atoms with Gasteiger partial charge in [-0.3, -0.25) is 0 Å². The molecule has 0 bridgehead atoms. The van der Waals surface area contributed by atoms with E-state index in [1.54, 1.807) is 0 Å². The minimum atomic E-state index is 0.405. The van der Waals surface area contributed by atoms with Crippen LogP contribution in [0, 0.1) is 6.92 Å². The van der Waals surface area contributed by atoms with E-state index >= 15 is 0 Å². The minimum absolute atomic E-state index is 0.405. The van der Waals surface area contributed by atoms with Crippen molar-refractivity contribution in [2.75, 3.05) is 13.6 Å². The molecule has 1 aromatic heterocycles. The molecule has 1 saturated carbocycles. The van der Waals surface area contributed by atoms with Crippen molar-refractivity contribution in [2.45, 2.75) is 25.2 Å². The summed E-state index contributed by atoms with van der Waals surface area (Å²) >= 11 is 0. The molecule has 0 spiro atoms. The van der Waals surface area contributed by atoms with Gasteiger partial charge in [-0.2, -0.15) is 0 Å². The lowest BCUT2D eigenvalue weighted by molar-refractivity contribution is 0.626. The van der Waals surface area contributed by atoms with Crippen LogP contribution in [0.4, 0.5) is 0 Å². The highest BCUT2D eigenvalue weighted by Crippen LogP contribution is 2.50. The molecule has 17 heavy (non-hydrogen) atoms. The van der Waals surface area contributed by atoms with Gasteiger partial charge in [-0.15, -0.1) is 0 Å². The quantitative estimate of drug-likeness (QED) is 0.854. The van der Waals surface area contributed by atoms with Gasteiger partial charge in [-0.05, 0) is 44.5 Å². The average molecular weight is 228 g/mol. The van der Waals surface area contributed by atoms with Gasteiger partial charge in [0.1, 0.15) is 0 Å². The van der Waals surface area contributed by atoms with E-state index in [0.717, 1.165) is 6.54 Å². The van der Waals surface area contributed by atoms with Crippen LogP contribution in [-0.4, -0.2) is 18.2 Å². The molecular weight excluding hydrogens is 208 g/mol. The number of benzene rings is 1. The number of rotatable bonds is 3. The Bertz CT molecular complexity index is 562. The maximum Gasteiger partial charge on any atom is 0.0480 e. The third-order valence-corrected chi connectivity index (χ3v) is 4.09. The van der Waals surface area contributed by atoms with Crippen LogP contribution < -0.4 is 5.32 Å². The summed E-state index contributed by atoms with van der Waals surface area (Å²) in [6, 6.07) is 6.77. The van der Waals surface area contributed by atoms with E-state index < -0.39 is 0 Å². The largest absolute Gasteiger partial charge is 0.350 e. The van der Waals surface area contributed by atoms with Gasteiger partial charge in [0.05, 0.1) is 0 Å². The molecule has 0 atom stereocenters. The number of likely N-dealkylation sites (N-methyl/N-ethyl adjacent to an activating group) is 1. The van der Waals surface area contributed by atoms with Gasteiger partial charge in [-0.1, -0.05) is 11.6 Å². The first-order valence-corrected chi connectivity index (χ1v) is 6.37. The molecule has 0 amide bonds. The van der Waals surface area contributed by atoms with Crippen molar-refractivity contribution in [3.8, 4) is 0 Å². The summed E-state index contributed by atoms with van der Waals surface area (Å²) in [6.07, 6.45) is 4.97. The molecule has 1 aliphatic carbocycles. The normalized spacial score (nSPS) is 17.6. The molecule has 2 heteroatoms. The van der Waals surface area contributed by atoms with Crippen LogP contribution in [0.1, 0.15) is 24.0 Å². The van der Waals surface area contributed by atoms with Gasteiger partial charge < -0.3 is 9.88 Å². The summed E-state index contributed by atoms with van der Waals surface area (Å²) in [4.78, 5) is 0. The Labute approximate surface area is 103 Å². The second-order valence-corrected chi connectivity index (χ2v) is 5.48. The monoisotopic (exact) mass is 228 g/mol. The number of aryl methyl sites for hydroxylation is 2. The lowest BCUT2D eigenvalue weighted by atomic mass is 9.95. The lowest BCUT2D eigenvalue weighted by Gasteiger charge is -2.13. The fraction of sp³-hybridized carbons (Fsp3) is 0.467. The van der Waals surface area contributed by atoms with Crippen molar-refractivity contribution in [1.82, 2.24) is 9.88 Å². The SMILES string of the molecule is CNCC1(c2cn(C)c3ccc(C)cc23)CC1. The Hall–Kier alpha value is -1.28. The molecule has 0 saturated heterocycles. The van der Waals surface area contributed by atoms with Crippen molar-refractivity contribution in [2.24, 2.45) is 7.05 Å². The van der Waals surface area contributed by atoms with Gasteiger partial charge >= 0.3 is 0 Å². The second-order valence-electron chi connectivity index (χ2n) is 5.48. The third-order valence-electron chi connectivity index (χ3n) is 4.09. The van der Waals surface area contributed by atoms with Crippen LogP contribution in [0.15, 0.2) is 24.4 Å². The fourth-order valence-corrected chi connectivity index (χ4v) is 2.96. The zero-order valence-electron chi connectivity index (χ0n) is 10.9. The molecule has 2 nitrogen and oxygen atoms in total. The molecule has 1 heterocycles. The van der Waals surface area contributed by atoms with E-state index in [9.17, 15) is 0 Å². The molecule has 1 N–H and O–H groups in total. The molecule has 1 fully saturated rings. The van der Waals surface area contributed by atoms with Crippen LogP contribution in [0.5, 0.6) is 0 Å². The summed E-state index contributed by atoms with van der Waals surface area (Å²) in [6.45, 7) is 3.27. The Kier molecular flexibility index (Phi) is 2.30. The molecule has 0 radical (unpaired) electrons. The number of hydrogen-bond donors (Lipinski definition) is 1. The van der Waals surface area contributed by atoms with Crippen LogP contribution in [0.3, 0.4) is 0 Å². The smallest absolute Gasteiger partial charge is 0.0480 e. The van der Waals surface area contributed by atoms with E-state index in [1.165, 1.54) is 34.9 Å². The summed E-state index contributed by atoms with van der Waals surface area (Å²) in [5.74, 6) is 0. The van der Waals surface area contributed by atoms with Crippen LogP contribution in [0.2, 0.25) is 0 Å². The zero-order valence-corrected chi connectivity index (χ0v) is 10.9. The Morgan fingerprint density at radius 1 is 1.35 bits per heavy atom. The van der Waals surface area contributed by atoms with Crippen molar-refractivity contribution in [1.29, 1.82) is 0 Å². The van der Waals surface area contributed by atoms with Gasteiger partial charge in [0, 0.05) is 36.1 Å². The van der Waals surface area contributed by atoms with Crippen LogP contribution in [0.25, 0.3) is 10.9 Å². The topological polar surface area (TPSA) is 17.0 Å². The van der Waals surface area contributed by atoms with Crippen LogP contribution >= 0.6 is 0 Å².